The van der Waals surface area contributed by atoms with Crippen LogP contribution in [0.3, 0.4) is 0 Å². The Labute approximate surface area is 186 Å². The summed E-state index contributed by atoms with van der Waals surface area (Å²) in [5.41, 5.74) is 1.79. The van der Waals surface area contributed by atoms with Gasteiger partial charge in [-0.3, -0.25) is 14.2 Å². The molecule has 0 radical (unpaired) electrons. The zero-order valence-corrected chi connectivity index (χ0v) is 17.5. The number of hydrogen-bond acceptors (Lipinski definition) is 7. The van der Waals surface area contributed by atoms with Crippen molar-refractivity contribution in [3.63, 3.8) is 0 Å². The van der Waals surface area contributed by atoms with Gasteiger partial charge in [0.1, 0.15) is 5.39 Å². The van der Waals surface area contributed by atoms with Gasteiger partial charge in [0, 0.05) is 23.9 Å². The lowest BCUT2D eigenvalue weighted by Gasteiger charge is -2.13. The van der Waals surface area contributed by atoms with Crippen LogP contribution in [-0.4, -0.2) is 37.8 Å². The molecule has 4 aromatic rings. The Balaban J connectivity index is 1.27. The predicted octanol–water partition coefficient (Wildman–Crippen LogP) is 2.99. The summed E-state index contributed by atoms with van der Waals surface area (Å²) < 4.78 is 13.9. The van der Waals surface area contributed by atoms with Gasteiger partial charge in [-0.1, -0.05) is 30.0 Å². The highest BCUT2D eigenvalue weighted by atomic mass is 32.2. The molecule has 0 saturated heterocycles. The van der Waals surface area contributed by atoms with E-state index in [1.54, 1.807) is 27.4 Å². The van der Waals surface area contributed by atoms with Gasteiger partial charge < -0.3 is 14.8 Å². The van der Waals surface area contributed by atoms with Gasteiger partial charge in [0.25, 0.3) is 5.56 Å². The second kappa shape index (κ2) is 7.41. The van der Waals surface area contributed by atoms with Crippen molar-refractivity contribution in [3.8, 4) is 17.2 Å². The third kappa shape index (κ3) is 3.11. The number of anilines is 1. The molecule has 32 heavy (non-hydrogen) atoms. The summed E-state index contributed by atoms with van der Waals surface area (Å²) in [5, 5.41) is 8.27. The Morgan fingerprint density at radius 2 is 2.00 bits per heavy atom. The van der Waals surface area contributed by atoms with Crippen LogP contribution in [0.4, 0.5) is 5.69 Å². The monoisotopic (exact) mass is 447 g/mol. The highest BCUT2D eigenvalue weighted by molar-refractivity contribution is 7.99. The van der Waals surface area contributed by atoms with Crippen molar-refractivity contribution in [2.75, 3.05) is 17.9 Å². The van der Waals surface area contributed by atoms with Crippen LogP contribution in [0.1, 0.15) is 12.5 Å². The first-order chi connectivity index (χ1) is 15.7. The first-order valence-electron chi connectivity index (χ1n) is 10.1. The molecule has 1 unspecified atom stereocenters. The number of nitrogens with one attached hydrogen (secondary N) is 1. The number of carbonyl (C=O) groups excluding carboxylic acids is 1. The van der Waals surface area contributed by atoms with Gasteiger partial charge in [0.05, 0.1) is 17.9 Å². The highest BCUT2D eigenvalue weighted by Gasteiger charge is 2.29. The molecular formula is C22H17N5O4S. The van der Waals surface area contributed by atoms with Gasteiger partial charge in [-0.25, -0.2) is 9.67 Å². The average Bonchev–Trinajstić information content (AvgIpc) is 3.53. The third-order valence-corrected chi connectivity index (χ3v) is 6.55. The van der Waals surface area contributed by atoms with Crippen LogP contribution in [0.15, 0.2) is 64.7 Å². The fraction of sp³-hybridized carbons (Fsp3) is 0.182. The lowest BCUT2D eigenvalue weighted by Crippen LogP contribution is -2.27. The molecule has 0 aliphatic carbocycles. The number of para-hydroxylation sites is 1. The van der Waals surface area contributed by atoms with E-state index in [0.29, 0.717) is 39.1 Å². The molecule has 2 aliphatic rings. The molecule has 4 heterocycles. The van der Waals surface area contributed by atoms with Crippen molar-refractivity contribution in [2.45, 2.75) is 17.6 Å². The largest absolute Gasteiger partial charge is 0.454 e. The summed E-state index contributed by atoms with van der Waals surface area (Å²) in [4.78, 5) is 30.6. The Bertz CT molecular complexity index is 1420. The van der Waals surface area contributed by atoms with E-state index in [0.717, 1.165) is 5.69 Å². The second-order valence-corrected chi connectivity index (χ2v) is 8.47. The van der Waals surface area contributed by atoms with Crippen molar-refractivity contribution in [2.24, 2.45) is 0 Å². The normalized spacial score (nSPS) is 16.3. The van der Waals surface area contributed by atoms with Crippen LogP contribution in [0, 0.1) is 0 Å². The Kier molecular flexibility index (Phi) is 4.39. The van der Waals surface area contributed by atoms with Crippen LogP contribution < -0.4 is 20.3 Å². The van der Waals surface area contributed by atoms with Crippen LogP contribution in [0.25, 0.3) is 16.7 Å². The van der Waals surface area contributed by atoms with Crippen molar-refractivity contribution in [1.29, 1.82) is 0 Å². The summed E-state index contributed by atoms with van der Waals surface area (Å²) in [7, 11) is 0. The van der Waals surface area contributed by atoms with Gasteiger partial charge in [-0.2, -0.15) is 5.10 Å². The summed E-state index contributed by atoms with van der Waals surface area (Å²) in [6, 6.07) is 14.5. The van der Waals surface area contributed by atoms with Gasteiger partial charge in [0.15, 0.2) is 22.3 Å². The van der Waals surface area contributed by atoms with E-state index in [-0.39, 0.29) is 30.7 Å². The van der Waals surface area contributed by atoms with E-state index in [9.17, 15) is 9.59 Å². The van der Waals surface area contributed by atoms with Gasteiger partial charge in [-0.15, -0.1) is 0 Å². The SMILES string of the molecule is O=C(CC1CSc2nc3c(cnn3-c3ccccc3)c(=O)n21)Nc1ccc2c(c1)OCO2. The van der Waals surface area contributed by atoms with E-state index >= 15 is 0 Å². The number of nitrogens with zero attached hydrogens (tertiary/aromatic N) is 4. The zero-order chi connectivity index (χ0) is 21.7. The van der Waals surface area contributed by atoms with E-state index in [2.05, 4.69) is 10.4 Å². The number of carbonyl (C=O) groups is 1. The second-order valence-electron chi connectivity index (χ2n) is 7.48. The lowest BCUT2D eigenvalue weighted by molar-refractivity contribution is -0.116. The Hall–Kier alpha value is -3.79. The number of hydrogen-bond donors (Lipinski definition) is 1. The fourth-order valence-electron chi connectivity index (χ4n) is 3.94. The maximum absolute atomic E-state index is 13.2. The number of fused-ring (bicyclic) bond motifs is 3. The quantitative estimate of drug-likeness (QED) is 0.480. The number of benzene rings is 2. The molecule has 0 bridgehead atoms. The maximum atomic E-state index is 13.2. The molecule has 2 aromatic carbocycles. The highest BCUT2D eigenvalue weighted by Crippen LogP contribution is 2.36. The number of thioether (sulfide) groups is 1. The van der Waals surface area contributed by atoms with Crippen LogP contribution >= 0.6 is 11.8 Å². The third-order valence-electron chi connectivity index (χ3n) is 5.45. The van der Waals surface area contributed by atoms with Crippen molar-refractivity contribution < 1.29 is 14.3 Å². The summed E-state index contributed by atoms with van der Waals surface area (Å²) in [6.45, 7) is 0.175. The molecule has 2 aliphatic heterocycles. The number of rotatable bonds is 4. The molecule has 0 fully saturated rings. The number of ether oxygens (including phenoxy) is 2. The molecule has 2 aromatic heterocycles. The van der Waals surface area contributed by atoms with Crippen LogP contribution in [0.5, 0.6) is 11.5 Å². The first kappa shape index (κ1) is 18.9. The summed E-state index contributed by atoms with van der Waals surface area (Å²) >= 11 is 1.47. The molecule has 9 nitrogen and oxygen atoms in total. The predicted molar refractivity (Wildman–Crippen MR) is 119 cm³/mol. The van der Waals surface area contributed by atoms with Crippen molar-refractivity contribution in [3.05, 3.63) is 65.1 Å². The number of aromatic nitrogens is 4. The van der Waals surface area contributed by atoms with E-state index in [4.69, 9.17) is 14.5 Å². The topological polar surface area (TPSA) is 100 Å². The Morgan fingerprint density at radius 3 is 2.88 bits per heavy atom. The summed E-state index contributed by atoms with van der Waals surface area (Å²) in [6.07, 6.45) is 1.70. The van der Waals surface area contributed by atoms with E-state index in [1.807, 2.05) is 30.3 Å². The molecule has 0 spiro atoms. The van der Waals surface area contributed by atoms with Crippen molar-refractivity contribution in [1.82, 2.24) is 19.3 Å². The first-order valence-corrected chi connectivity index (χ1v) is 11.0. The standard InChI is InChI=1S/C22H17N5O4S/c28-19(24-13-6-7-17-18(8-13)31-12-30-17)9-15-11-32-22-25-20-16(21(29)26(15)22)10-23-27(20)14-4-2-1-3-5-14/h1-8,10,15H,9,11-12H2,(H,24,28). The molecule has 160 valence electrons. The average molecular weight is 447 g/mol. The van der Waals surface area contributed by atoms with Gasteiger partial charge in [0.2, 0.25) is 12.7 Å². The lowest BCUT2D eigenvalue weighted by atomic mass is 10.2. The minimum absolute atomic E-state index is 0.161. The van der Waals surface area contributed by atoms with Gasteiger partial charge in [-0.05, 0) is 24.3 Å². The molecular weight excluding hydrogens is 430 g/mol. The van der Waals surface area contributed by atoms with Gasteiger partial charge >= 0.3 is 0 Å². The smallest absolute Gasteiger partial charge is 0.265 e. The number of amides is 1. The molecule has 0 saturated carbocycles. The molecule has 10 heteroatoms. The minimum Gasteiger partial charge on any atom is -0.454 e. The molecule has 6 rings (SSSR count). The van der Waals surface area contributed by atoms with Crippen molar-refractivity contribution >= 4 is 34.4 Å². The maximum Gasteiger partial charge on any atom is 0.265 e. The molecule has 1 N–H and O–H groups in total. The summed E-state index contributed by atoms with van der Waals surface area (Å²) in [5.74, 6) is 1.67. The minimum atomic E-state index is -0.284. The van der Waals surface area contributed by atoms with E-state index < -0.39 is 0 Å². The molecule has 1 atom stereocenters. The molecule has 1 amide bonds. The fourth-order valence-corrected chi connectivity index (χ4v) is 5.07. The van der Waals surface area contributed by atoms with E-state index in [1.165, 1.54) is 18.0 Å². The Morgan fingerprint density at radius 1 is 1.16 bits per heavy atom. The zero-order valence-electron chi connectivity index (χ0n) is 16.7. The van der Waals surface area contributed by atoms with Crippen LogP contribution in [-0.2, 0) is 4.79 Å². The van der Waals surface area contributed by atoms with Crippen LogP contribution in [0.2, 0.25) is 0 Å².